The van der Waals surface area contributed by atoms with Crippen molar-refractivity contribution in [2.45, 2.75) is 13.1 Å². The molecule has 0 radical (unpaired) electrons. The number of amides is 1. The lowest BCUT2D eigenvalue weighted by molar-refractivity contribution is -0.384. The molecular weight excluding hydrogens is 353 g/mol. The summed E-state index contributed by atoms with van der Waals surface area (Å²) in [6, 6.07) is 7.21. The van der Waals surface area contributed by atoms with Gasteiger partial charge in [0.2, 0.25) is 0 Å². The molecule has 134 valence electrons. The molecule has 0 bridgehead atoms. The molecule has 0 unspecified atom stereocenters. The molecular formula is C16H11F3N4O3. The Hall–Kier alpha value is -3.43. The highest BCUT2D eigenvalue weighted by molar-refractivity contribution is 6.11. The van der Waals surface area contributed by atoms with E-state index in [0.29, 0.717) is 5.52 Å². The molecule has 26 heavy (non-hydrogen) atoms. The van der Waals surface area contributed by atoms with Crippen LogP contribution < -0.4 is 5.32 Å². The van der Waals surface area contributed by atoms with Crippen molar-refractivity contribution in [3.05, 3.63) is 63.3 Å². The van der Waals surface area contributed by atoms with Crippen molar-refractivity contribution in [3.63, 3.8) is 0 Å². The fourth-order valence-corrected chi connectivity index (χ4v) is 2.48. The number of nitro groups is 1. The Morgan fingerprint density at radius 3 is 2.62 bits per heavy atom. The monoisotopic (exact) mass is 364 g/mol. The van der Waals surface area contributed by atoms with Gasteiger partial charge in [0.15, 0.2) is 5.69 Å². The van der Waals surface area contributed by atoms with Gasteiger partial charge < -0.3 is 5.32 Å². The number of anilines is 1. The summed E-state index contributed by atoms with van der Waals surface area (Å²) in [5, 5.41) is 19.7. The maximum absolute atomic E-state index is 13.0. The van der Waals surface area contributed by atoms with Crippen LogP contribution in [-0.4, -0.2) is 21.0 Å². The van der Waals surface area contributed by atoms with Gasteiger partial charge in [0.25, 0.3) is 11.6 Å². The van der Waals surface area contributed by atoms with Crippen LogP contribution in [0.25, 0.3) is 10.9 Å². The number of fused-ring (bicyclic) bond motifs is 1. The molecule has 2 N–H and O–H groups in total. The van der Waals surface area contributed by atoms with Crippen LogP contribution in [0.3, 0.4) is 0 Å². The van der Waals surface area contributed by atoms with Crippen LogP contribution >= 0.6 is 0 Å². The van der Waals surface area contributed by atoms with Gasteiger partial charge in [-0.2, -0.15) is 18.3 Å². The predicted octanol–water partition coefficient (Wildman–Crippen LogP) is 4.05. The third kappa shape index (κ3) is 3.21. The summed E-state index contributed by atoms with van der Waals surface area (Å²) in [5.74, 6) is -0.784. The summed E-state index contributed by atoms with van der Waals surface area (Å²) in [4.78, 5) is 22.6. The lowest BCUT2D eigenvalue weighted by Gasteiger charge is -2.12. The van der Waals surface area contributed by atoms with Crippen molar-refractivity contribution in [1.82, 2.24) is 10.2 Å². The molecule has 0 aliphatic heterocycles. The number of aryl methyl sites for hydroxylation is 1. The van der Waals surface area contributed by atoms with Crippen LogP contribution in [0.15, 0.2) is 36.4 Å². The number of H-pyrrole nitrogens is 1. The number of nitrogens with one attached hydrogen (secondary N) is 2. The van der Waals surface area contributed by atoms with E-state index in [1.54, 1.807) is 0 Å². The molecule has 1 heterocycles. The molecule has 3 aromatic rings. The zero-order valence-electron chi connectivity index (χ0n) is 13.2. The summed E-state index contributed by atoms with van der Waals surface area (Å²) in [6.07, 6.45) is -4.55. The number of carbonyl (C=O) groups is 1. The number of hydrogen-bond acceptors (Lipinski definition) is 4. The van der Waals surface area contributed by atoms with E-state index in [4.69, 9.17) is 0 Å². The Bertz CT molecular complexity index is 1030. The molecule has 0 saturated heterocycles. The van der Waals surface area contributed by atoms with Crippen molar-refractivity contribution in [3.8, 4) is 0 Å². The molecule has 0 aliphatic rings. The average molecular weight is 364 g/mol. The normalized spacial score (nSPS) is 11.5. The fourth-order valence-electron chi connectivity index (χ4n) is 2.48. The van der Waals surface area contributed by atoms with E-state index in [1.807, 2.05) is 0 Å². The first-order valence-electron chi connectivity index (χ1n) is 7.28. The van der Waals surface area contributed by atoms with Gasteiger partial charge in [-0.1, -0.05) is 6.07 Å². The van der Waals surface area contributed by atoms with E-state index in [0.717, 1.165) is 6.07 Å². The number of benzene rings is 2. The van der Waals surface area contributed by atoms with E-state index < -0.39 is 22.6 Å². The molecule has 3 rings (SSSR count). The van der Waals surface area contributed by atoms with Gasteiger partial charge in [-0.15, -0.1) is 0 Å². The van der Waals surface area contributed by atoms with E-state index in [-0.39, 0.29) is 28.0 Å². The van der Waals surface area contributed by atoms with Crippen molar-refractivity contribution < 1.29 is 22.9 Å². The number of nitrogens with zero attached hydrogens (tertiary/aromatic N) is 2. The van der Waals surface area contributed by atoms with Gasteiger partial charge in [-0.3, -0.25) is 20.0 Å². The average Bonchev–Trinajstić information content (AvgIpc) is 2.98. The molecule has 1 aromatic heterocycles. The molecule has 0 atom stereocenters. The standard InChI is InChI=1S/C16H11F3N4O3/c1-8-2-3-9(6-12(8)16(17,18)19)20-15(24)14-11-7-10(23(25)26)4-5-13(11)21-22-14/h2-7H,1H3,(H,20,24)(H,21,22). The summed E-state index contributed by atoms with van der Waals surface area (Å²) in [7, 11) is 0. The molecule has 0 saturated carbocycles. The number of non-ortho nitro benzene ring substituents is 1. The van der Waals surface area contributed by atoms with Gasteiger partial charge in [-0.05, 0) is 30.7 Å². The number of nitro benzene ring substituents is 1. The number of rotatable bonds is 3. The molecule has 1 amide bonds. The summed E-state index contributed by atoms with van der Waals surface area (Å²) in [6.45, 7) is 1.31. The molecule has 7 nitrogen and oxygen atoms in total. The second-order valence-corrected chi connectivity index (χ2v) is 5.54. The molecule has 0 spiro atoms. The topological polar surface area (TPSA) is 101 Å². The van der Waals surface area contributed by atoms with Crippen molar-refractivity contribution in [1.29, 1.82) is 0 Å². The van der Waals surface area contributed by atoms with Crippen molar-refractivity contribution >= 4 is 28.2 Å². The highest BCUT2D eigenvalue weighted by atomic mass is 19.4. The molecule has 10 heteroatoms. The first-order chi connectivity index (χ1) is 12.2. The number of halogens is 3. The van der Waals surface area contributed by atoms with E-state index in [1.165, 1.54) is 37.3 Å². The number of carbonyl (C=O) groups excluding carboxylic acids is 1. The van der Waals surface area contributed by atoms with E-state index in [2.05, 4.69) is 15.5 Å². The quantitative estimate of drug-likeness (QED) is 0.541. The highest BCUT2D eigenvalue weighted by Gasteiger charge is 2.32. The first kappa shape index (κ1) is 17.4. The molecule has 0 fully saturated rings. The van der Waals surface area contributed by atoms with Gasteiger partial charge in [0, 0.05) is 23.2 Å². The van der Waals surface area contributed by atoms with E-state index >= 15 is 0 Å². The Balaban J connectivity index is 1.95. The first-order valence-corrected chi connectivity index (χ1v) is 7.28. The number of aromatic nitrogens is 2. The van der Waals surface area contributed by atoms with Crippen LogP contribution in [0.2, 0.25) is 0 Å². The Labute approximate surface area is 144 Å². The van der Waals surface area contributed by atoms with Crippen LogP contribution in [0, 0.1) is 17.0 Å². The zero-order valence-corrected chi connectivity index (χ0v) is 13.2. The van der Waals surface area contributed by atoms with Crippen LogP contribution in [0.1, 0.15) is 21.6 Å². The minimum absolute atomic E-state index is 0.0244. The maximum atomic E-state index is 13.0. The number of aromatic amines is 1. The van der Waals surface area contributed by atoms with Gasteiger partial charge >= 0.3 is 6.18 Å². The lowest BCUT2D eigenvalue weighted by atomic mass is 10.1. The Morgan fingerprint density at radius 1 is 1.23 bits per heavy atom. The minimum atomic E-state index is -4.55. The number of hydrogen-bond donors (Lipinski definition) is 2. The third-order valence-corrected chi connectivity index (χ3v) is 3.77. The molecule has 2 aromatic carbocycles. The zero-order chi connectivity index (χ0) is 19.1. The second kappa shape index (κ2) is 6.14. The third-order valence-electron chi connectivity index (χ3n) is 3.77. The van der Waals surface area contributed by atoms with E-state index in [9.17, 15) is 28.1 Å². The summed E-state index contributed by atoms with van der Waals surface area (Å²) >= 11 is 0. The summed E-state index contributed by atoms with van der Waals surface area (Å²) in [5.41, 5.74) is -0.898. The second-order valence-electron chi connectivity index (χ2n) is 5.54. The van der Waals surface area contributed by atoms with Crippen LogP contribution in [0.4, 0.5) is 24.5 Å². The van der Waals surface area contributed by atoms with Crippen LogP contribution in [0.5, 0.6) is 0 Å². The minimum Gasteiger partial charge on any atom is -0.321 e. The van der Waals surface area contributed by atoms with Crippen molar-refractivity contribution in [2.75, 3.05) is 5.32 Å². The lowest BCUT2D eigenvalue weighted by Crippen LogP contribution is -2.14. The predicted molar refractivity (Wildman–Crippen MR) is 86.9 cm³/mol. The SMILES string of the molecule is Cc1ccc(NC(=O)c2n[nH]c3ccc([N+](=O)[O-])cc23)cc1C(F)(F)F. The van der Waals surface area contributed by atoms with Gasteiger partial charge in [0.1, 0.15) is 0 Å². The van der Waals surface area contributed by atoms with Crippen LogP contribution in [-0.2, 0) is 6.18 Å². The van der Waals surface area contributed by atoms with Gasteiger partial charge in [0.05, 0.1) is 16.0 Å². The largest absolute Gasteiger partial charge is 0.416 e. The highest BCUT2D eigenvalue weighted by Crippen LogP contribution is 2.33. The van der Waals surface area contributed by atoms with Gasteiger partial charge in [-0.25, -0.2) is 0 Å². The summed E-state index contributed by atoms with van der Waals surface area (Å²) < 4.78 is 38.9. The van der Waals surface area contributed by atoms with Crippen molar-refractivity contribution in [2.24, 2.45) is 0 Å². The Kier molecular flexibility index (Phi) is 4.10. The Morgan fingerprint density at radius 2 is 1.96 bits per heavy atom. The smallest absolute Gasteiger partial charge is 0.321 e. The number of alkyl halides is 3. The fraction of sp³-hybridized carbons (Fsp3) is 0.125. The molecule has 0 aliphatic carbocycles. The maximum Gasteiger partial charge on any atom is 0.416 e.